The van der Waals surface area contributed by atoms with Crippen LogP contribution < -0.4 is 0 Å². The Balaban J connectivity index is 1.33. The monoisotopic (exact) mass is 317 g/mol. The fourth-order valence-electron chi connectivity index (χ4n) is 4.05. The van der Waals surface area contributed by atoms with Gasteiger partial charge >= 0.3 is 0 Å². The SMILES string of the molecule is C1=C2CC(N3Cc4nccnc4C3)CCC2=NC1c1ccncc1. The Morgan fingerprint density at radius 3 is 2.46 bits per heavy atom. The van der Waals surface area contributed by atoms with Gasteiger partial charge in [-0.3, -0.25) is 24.8 Å². The van der Waals surface area contributed by atoms with Gasteiger partial charge in [0.2, 0.25) is 0 Å². The molecule has 1 saturated carbocycles. The van der Waals surface area contributed by atoms with Crippen molar-refractivity contribution in [3.05, 3.63) is 65.5 Å². The maximum atomic E-state index is 4.93. The van der Waals surface area contributed by atoms with Crippen molar-refractivity contribution in [1.29, 1.82) is 0 Å². The van der Waals surface area contributed by atoms with Crippen molar-refractivity contribution in [3.63, 3.8) is 0 Å². The molecule has 0 bridgehead atoms. The number of fused-ring (bicyclic) bond motifs is 2. The molecular weight excluding hydrogens is 298 g/mol. The summed E-state index contributed by atoms with van der Waals surface area (Å²) >= 11 is 0. The molecule has 2 aromatic heterocycles. The van der Waals surface area contributed by atoms with Crippen LogP contribution in [0.15, 0.2) is 53.6 Å². The predicted molar refractivity (Wildman–Crippen MR) is 91.4 cm³/mol. The number of aromatic nitrogens is 3. The summed E-state index contributed by atoms with van der Waals surface area (Å²) in [4.78, 5) is 20.5. The fraction of sp³-hybridized carbons (Fsp3) is 0.368. The van der Waals surface area contributed by atoms with Crippen molar-refractivity contribution in [2.24, 2.45) is 4.99 Å². The average Bonchev–Trinajstić information content (AvgIpc) is 3.25. The number of hydrogen-bond acceptors (Lipinski definition) is 5. The first kappa shape index (κ1) is 14.0. The molecule has 1 aliphatic carbocycles. The Labute approximate surface area is 141 Å². The number of aliphatic imine (C=N–C) groups is 1. The van der Waals surface area contributed by atoms with Gasteiger partial charge in [0.1, 0.15) is 0 Å². The van der Waals surface area contributed by atoms with E-state index in [0.29, 0.717) is 6.04 Å². The molecule has 2 aliphatic heterocycles. The average molecular weight is 317 g/mol. The maximum absolute atomic E-state index is 4.93. The quantitative estimate of drug-likeness (QED) is 0.854. The zero-order chi connectivity index (χ0) is 15.9. The summed E-state index contributed by atoms with van der Waals surface area (Å²) in [7, 11) is 0. The Bertz CT molecular complexity index is 802. The first-order chi connectivity index (χ1) is 11.9. The van der Waals surface area contributed by atoms with Gasteiger partial charge in [-0.05, 0) is 42.5 Å². The van der Waals surface area contributed by atoms with E-state index in [1.807, 2.05) is 12.4 Å². The van der Waals surface area contributed by atoms with E-state index in [0.717, 1.165) is 37.3 Å². The van der Waals surface area contributed by atoms with Crippen molar-refractivity contribution in [2.75, 3.05) is 0 Å². The van der Waals surface area contributed by atoms with Crippen LogP contribution in [0.3, 0.4) is 0 Å². The molecule has 24 heavy (non-hydrogen) atoms. The van der Waals surface area contributed by atoms with Gasteiger partial charge in [-0.25, -0.2) is 0 Å². The van der Waals surface area contributed by atoms with Crippen LogP contribution in [-0.4, -0.2) is 31.6 Å². The zero-order valence-corrected chi connectivity index (χ0v) is 13.5. The summed E-state index contributed by atoms with van der Waals surface area (Å²) in [5.41, 5.74) is 6.27. The minimum Gasteiger partial charge on any atom is -0.288 e. The summed E-state index contributed by atoms with van der Waals surface area (Å²) < 4.78 is 0. The van der Waals surface area contributed by atoms with Crippen LogP contribution in [-0.2, 0) is 13.1 Å². The molecule has 2 atom stereocenters. The highest BCUT2D eigenvalue weighted by molar-refractivity contribution is 6.03. The molecule has 0 spiro atoms. The van der Waals surface area contributed by atoms with E-state index in [-0.39, 0.29) is 6.04 Å². The number of hydrogen-bond donors (Lipinski definition) is 0. The highest BCUT2D eigenvalue weighted by atomic mass is 15.2. The maximum Gasteiger partial charge on any atom is 0.0941 e. The Hall–Kier alpha value is -2.40. The number of pyridine rings is 1. The minimum atomic E-state index is 0.177. The molecule has 0 aromatic carbocycles. The minimum absolute atomic E-state index is 0.177. The molecule has 5 rings (SSSR count). The van der Waals surface area contributed by atoms with Crippen molar-refractivity contribution in [3.8, 4) is 0 Å². The molecule has 120 valence electrons. The van der Waals surface area contributed by atoms with Crippen LogP contribution in [0.25, 0.3) is 0 Å². The van der Waals surface area contributed by atoms with Crippen molar-refractivity contribution in [2.45, 2.75) is 44.4 Å². The molecule has 2 unspecified atom stereocenters. The van der Waals surface area contributed by atoms with E-state index in [9.17, 15) is 0 Å². The first-order valence-corrected chi connectivity index (χ1v) is 8.57. The van der Waals surface area contributed by atoms with Gasteiger partial charge in [0.05, 0.1) is 17.4 Å². The largest absolute Gasteiger partial charge is 0.288 e. The lowest BCUT2D eigenvalue weighted by atomic mass is 9.88. The van der Waals surface area contributed by atoms with Gasteiger partial charge in [-0.15, -0.1) is 0 Å². The van der Waals surface area contributed by atoms with E-state index in [1.165, 1.54) is 23.3 Å². The van der Waals surface area contributed by atoms with Crippen LogP contribution in [0.1, 0.15) is 42.3 Å². The lowest BCUT2D eigenvalue weighted by Gasteiger charge is -2.31. The van der Waals surface area contributed by atoms with E-state index in [1.54, 1.807) is 12.4 Å². The third kappa shape index (κ3) is 2.36. The molecular formula is C19H19N5. The molecule has 1 fully saturated rings. The smallest absolute Gasteiger partial charge is 0.0941 e. The molecule has 0 radical (unpaired) electrons. The van der Waals surface area contributed by atoms with Gasteiger partial charge in [0.15, 0.2) is 0 Å². The Morgan fingerprint density at radius 2 is 1.71 bits per heavy atom. The molecule has 3 aliphatic rings. The summed E-state index contributed by atoms with van der Waals surface area (Å²) in [6, 6.07) is 4.88. The molecule has 0 amide bonds. The predicted octanol–water partition coefficient (Wildman–Crippen LogP) is 2.86. The Kier molecular flexibility index (Phi) is 3.26. The summed E-state index contributed by atoms with van der Waals surface area (Å²) in [5, 5.41) is 0. The van der Waals surface area contributed by atoms with Gasteiger partial charge in [0.25, 0.3) is 0 Å². The molecule has 0 N–H and O–H groups in total. The van der Waals surface area contributed by atoms with Crippen molar-refractivity contribution in [1.82, 2.24) is 19.9 Å². The van der Waals surface area contributed by atoms with Gasteiger partial charge in [0, 0.05) is 49.6 Å². The lowest BCUT2D eigenvalue weighted by Crippen LogP contribution is -2.35. The summed E-state index contributed by atoms with van der Waals surface area (Å²) in [5.74, 6) is 0. The molecule has 4 heterocycles. The van der Waals surface area contributed by atoms with Crippen LogP contribution in [0.2, 0.25) is 0 Å². The van der Waals surface area contributed by atoms with Crippen LogP contribution in [0.4, 0.5) is 0 Å². The third-order valence-electron chi connectivity index (χ3n) is 5.32. The zero-order valence-electron chi connectivity index (χ0n) is 13.5. The van der Waals surface area contributed by atoms with Gasteiger partial charge in [-0.1, -0.05) is 6.08 Å². The second-order valence-electron chi connectivity index (χ2n) is 6.74. The topological polar surface area (TPSA) is 54.3 Å². The molecule has 5 nitrogen and oxygen atoms in total. The number of nitrogens with zero attached hydrogens (tertiary/aromatic N) is 5. The molecule has 5 heteroatoms. The van der Waals surface area contributed by atoms with Crippen molar-refractivity contribution < 1.29 is 0 Å². The van der Waals surface area contributed by atoms with Crippen LogP contribution >= 0.6 is 0 Å². The Morgan fingerprint density at radius 1 is 0.958 bits per heavy atom. The van der Waals surface area contributed by atoms with Crippen molar-refractivity contribution >= 4 is 5.71 Å². The third-order valence-corrected chi connectivity index (χ3v) is 5.32. The van der Waals surface area contributed by atoms with E-state index >= 15 is 0 Å². The van der Waals surface area contributed by atoms with Gasteiger partial charge < -0.3 is 0 Å². The fourth-order valence-corrected chi connectivity index (χ4v) is 4.05. The lowest BCUT2D eigenvalue weighted by molar-refractivity contribution is 0.184. The normalized spacial score (nSPS) is 25.8. The van der Waals surface area contributed by atoms with E-state index in [2.05, 4.69) is 38.1 Å². The van der Waals surface area contributed by atoms with Crippen LogP contribution in [0.5, 0.6) is 0 Å². The van der Waals surface area contributed by atoms with Gasteiger partial charge in [-0.2, -0.15) is 0 Å². The van der Waals surface area contributed by atoms with E-state index < -0.39 is 0 Å². The second kappa shape index (κ2) is 5.60. The first-order valence-electron chi connectivity index (χ1n) is 8.57. The second-order valence-corrected chi connectivity index (χ2v) is 6.74. The summed E-state index contributed by atoms with van der Waals surface area (Å²) in [6.07, 6.45) is 13.0. The molecule has 2 aromatic rings. The number of rotatable bonds is 2. The van der Waals surface area contributed by atoms with E-state index in [4.69, 9.17) is 4.99 Å². The summed E-state index contributed by atoms with van der Waals surface area (Å²) in [6.45, 7) is 1.86. The van der Waals surface area contributed by atoms with Crippen LogP contribution in [0, 0.1) is 0 Å². The highest BCUT2D eigenvalue weighted by Crippen LogP contribution is 2.37. The standard InChI is InChI=1S/C19H19N5/c1-2-16-14(10-17(23-16)13-3-5-20-6-4-13)9-15(1)24-11-18-19(12-24)22-8-7-21-18/h3-8,10,15,17H,1-2,9,11-12H2. The highest BCUT2D eigenvalue weighted by Gasteiger charge is 2.33. The molecule has 0 saturated heterocycles.